The monoisotopic (exact) mass is 428 g/mol. The molecule has 0 unspecified atom stereocenters. The lowest BCUT2D eigenvalue weighted by molar-refractivity contribution is 0.357. The highest BCUT2D eigenvalue weighted by Gasteiger charge is 2.14. The molecule has 0 saturated carbocycles. The summed E-state index contributed by atoms with van der Waals surface area (Å²) in [6, 6.07) is 3.84. The van der Waals surface area contributed by atoms with E-state index in [1.165, 1.54) is 0 Å². The molecule has 0 amide bonds. The van der Waals surface area contributed by atoms with Gasteiger partial charge in [-0.1, -0.05) is 19.4 Å². The van der Waals surface area contributed by atoms with Crippen molar-refractivity contribution in [3.05, 3.63) is 34.4 Å². The molecule has 0 bridgehead atoms. The number of aromatic nitrogens is 5. The number of likely N-dealkylation sites (N-methyl/N-ethyl adjacent to an activating group) is 1. The first-order valence-electron chi connectivity index (χ1n) is 10.6. The van der Waals surface area contributed by atoms with Gasteiger partial charge in [-0.25, -0.2) is 9.78 Å². The number of rotatable bonds is 12. The Morgan fingerprint density at radius 3 is 2.74 bits per heavy atom. The number of pyridine rings is 1. The smallest absolute Gasteiger partial charge is 0.328 e. The van der Waals surface area contributed by atoms with Crippen LogP contribution >= 0.6 is 0 Å². The van der Waals surface area contributed by atoms with E-state index in [2.05, 4.69) is 42.4 Å². The number of nitrogens with two attached hydrogens (primary N) is 2. The number of aromatic amines is 1. The first-order valence-corrected chi connectivity index (χ1v) is 10.6. The minimum Gasteiger partial charge on any atom is -0.382 e. The van der Waals surface area contributed by atoms with Crippen molar-refractivity contribution < 1.29 is 0 Å². The summed E-state index contributed by atoms with van der Waals surface area (Å²) in [5.74, 6) is 1.45. The molecule has 0 fully saturated rings. The Balaban J connectivity index is 1.70. The fourth-order valence-electron chi connectivity index (χ4n) is 3.17. The second kappa shape index (κ2) is 10.7. The zero-order valence-electron chi connectivity index (χ0n) is 18.2. The second-order valence-electron chi connectivity index (χ2n) is 7.50. The van der Waals surface area contributed by atoms with Gasteiger partial charge in [0.25, 0.3) is 0 Å². The van der Waals surface area contributed by atoms with Gasteiger partial charge in [-0.3, -0.25) is 4.57 Å². The molecule has 31 heavy (non-hydrogen) atoms. The van der Waals surface area contributed by atoms with Crippen molar-refractivity contribution in [2.75, 3.05) is 56.1 Å². The van der Waals surface area contributed by atoms with Gasteiger partial charge in [0.1, 0.15) is 11.3 Å². The lowest BCUT2D eigenvalue weighted by Crippen LogP contribution is -2.30. The largest absolute Gasteiger partial charge is 0.382 e. The van der Waals surface area contributed by atoms with E-state index in [1.807, 2.05) is 19.2 Å². The first kappa shape index (κ1) is 22.5. The van der Waals surface area contributed by atoms with E-state index in [-0.39, 0.29) is 11.5 Å². The molecule has 3 heterocycles. The average Bonchev–Trinajstić information content (AvgIpc) is 3.06. The lowest BCUT2D eigenvalue weighted by Gasteiger charge is -2.15. The number of imidazole rings is 1. The Morgan fingerprint density at radius 2 is 2.03 bits per heavy atom. The fraction of sp³-hybridized carbons (Fsp3) is 0.500. The van der Waals surface area contributed by atoms with Gasteiger partial charge >= 0.3 is 5.69 Å². The van der Waals surface area contributed by atoms with Gasteiger partial charge in [0.05, 0.1) is 6.54 Å². The van der Waals surface area contributed by atoms with Crippen LogP contribution in [0.25, 0.3) is 11.2 Å². The number of H-pyrrole nitrogens is 1. The highest BCUT2D eigenvalue weighted by atomic mass is 16.1. The summed E-state index contributed by atoms with van der Waals surface area (Å²) in [7, 11) is 2.03. The van der Waals surface area contributed by atoms with Crippen LogP contribution in [0.3, 0.4) is 0 Å². The van der Waals surface area contributed by atoms with Crippen molar-refractivity contribution >= 4 is 28.7 Å². The van der Waals surface area contributed by atoms with Crippen LogP contribution in [0.2, 0.25) is 0 Å². The third-order valence-corrected chi connectivity index (χ3v) is 4.94. The highest BCUT2D eigenvalue weighted by molar-refractivity contribution is 5.82. The molecule has 3 aromatic rings. The van der Waals surface area contributed by atoms with E-state index in [4.69, 9.17) is 11.5 Å². The number of anilines is 3. The Morgan fingerprint density at radius 1 is 1.19 bits per heavy atom. The maximum Gasteiger partial charge on any atom is 0.328 e. The Hall–Kier alpha value is -3.18. The van der Waals surface area contributed by atoms with Crippen LogP contribution in [0.15, 0.2) is 23.1 Å². The number of hydrogen-bond acceptors (Lipinski definition) is 9. The van der Waals surface area contributed by atoms with Gasteiger partial charge in [-0.2, -0.15) is 9.97 Å². The SMILES string of the molecule is CCCCNc1nc(N)c2[nH]c(=O)n(Cc3ccc(NCCN(C)CCN)nc3)c2n1. The molecular formula is C20H32N10O. The normalized spacial score (nSPS) is 11.4. The number of nitrogen functional groups attached to an aromatic ring is 1. The van der Waals surface area contributed by atoms with Gasteiger partial charge in [-0.15, -0.1) is 0 Å². The van der Waals surface area contributed by atoms with Gasteiger partial charge in [0.15, 0.2) is 11.5 Å². The highest BCUT2D eigenvalue weighted by Crippen LogP contribution is 2.17. The zero-order valence-corrected chi connectivity index (χ0v) is 18.2. The van der Waals surface area contributed by atoms with E-state index in [1.54, 1.807) is 10.8 Å². The first-order chi connectivity index (χ1) is 15.0. The van der Waals surface area contributed by atoms with Crippen molar-refractivity contribution in [1.29, 1.82) is 0 Å². The molecule has 0 spiro atoms. The molecule has 11 nitrogen and oxygen atoms in total. The molecule has 168 valence electrons. The molecular weight excluding hydrogens is 396 g/mol. The van der Waals surface area contributed by atoms with E-state index in [9.17, 15) is 4.79 Å². The molecule has 0 aliphatic carbocycles. The molecule has 0 aliphatic rings. The molecule has 0 saturated heterocycles. The summed E-state index contributed by atoms with van der Waals surface area (Å²) in [5.41, 5.74) is 13.1. The van der Waals surface area contributed by atoms with E-state index < -0.39 is 0 Å². The summed E-state index contributed by atoms with van der Waals surface area (Å²) in [4.78, 5) is 30.6. The van der Waals surface area contributed by atoms with Crippen molar-refractivity contribution in [3.63, 3.8) is 0 Å². The van der Waals surface area contributed by atoms with Crippen molar-refractivity contribution in [2.45, 2.75) is 26.3 Å². The standard InChI is InChI=1S/C20H32N10O/c1-3-4-8-24-19-27-17(22)16-18(28-19)30(20(31)26-16)13-14-5-6-15(25-12-14)23-9-11-29(2)10-7-21/h5-6,12H,3-4,7-11,13,21H2,1-2H3,(H,23,25)(H,26,31)(H3,22,24,27,28). The summed E-state index contributed by atoms with van der Waals surface area (Å²) in [6.45, 7) is 6.34. The third kappa shape index (κ3) is 5.92. The van der Waals surface area contributed by atoms with E-state index in [0.717, 1.165) is 50.4 Å². The lowest BCUT2D eigenvalue weighted by atomic mass is 10.3. The summed E-state index contributed by atoms with van der Waals surface area (Å²) >= 11 is 0. The van der Waals surface area contributed by atoms with Crippen LogP contribution in [0.4, 0.5) is 17.6 Å². The molecule has 3 rings (SSSR count). The van der Waals surface area contributed by atoms with Crippen LogP contribution < -0.4 is 27.8 Å². The predicted octanol–water partition coefficient (Wildman–Crippen LogP) is 0.660. The fourth-order valence-corrected chi connectivity index (χ4v) is 3.17. The van der Waals surface area contributed by atoms with Gasteiger partial charge in [0.2, 0.25) is 5.95 Å². The Bertz CT molecular complexity index is 1030. The van der Waals surface area contributed by atoms with Crippen LogP contribution in [-0.4, -0.2) is 69.2 Å². The third-order valence-electron chi connectivity index (χ3n) is 4.94. The minimum atomic E-state index is -0.285. The topological polar surface area (TPSA) is 156 Å². The summed E-state index contributed by atoms with van der Waals surface area (Å²) < 4.78 is 1.55. The maximum absolute atomic E-state index is 12.5. The number of unbranched alkanes of at least 4 members (excludes halogenated alkanes) is 1. The predicted molar refractivity (Wildman–Crippen MR) is 124 cm³/mol. The maximum atomic E-state index is 12.5. The van der Waals surface area contributed by atoms with Crippen LogP contribution in [0.1, 0.15) is 25.3 Å². The number of nitrogens with zero attached hydrogens (tertiary/aromatic N) is 5. The molecule has 11 heteroatoms. The van der Waals surface area contributed by atoms with Crippen molar-refractivity contribution in [3.8, 4) is 0 Å². The zero-order chi connectivity index (χ0) is 22.2. The molecule has 0 aromatic carbocycles. The molecule has 0 radical (unpaired) electrons. The summed E-state index contributed by atoms with van der Waals surface area (Å²) in [5, 5.41) is 6.45. The molecule has 3 aromatic heterocycles. The summed E-state index contributed by atoms with van der Waals surface area (Å²) in [6.07, 6.45) is 3.81. The molecule has 7 N–H and O–H groups in total. The quantitative estimate of drug-likeness (QED) is 0.261. The van der Waals surface area contributed by atoms with Gasteiger partial charge in [0, 0.05) is 38.9 Å². The van der Waals surface area contributed by atoms with Gasteiger partial charge < -0.3 is 32.0 Å². The van der Waals surface area contributed by atoms with Crippen LogP contribution in [-0.2, 0) is 6.54 Å². The number of nitrogens with one attached hydrogen (secondary N) is 3. The van der Waals surface area contributed by atoms with Crippen LogP contribution in [0.5, 0.6) is 0 Å². The number of hydrogen-bond donors (Lipinski definition) is 5. The average molecular weight is 429 g/mol. The minimum absolute atomic E-state index is 0.247. The Labute approximate surface area is 181 Å². The van der Waals surface area contributed by atoms with Crippen molar-refractivity contribution in [1.82, 2.24) is 29.4 Å². The molecule has 0 atom stereocenters. The van der Waals surface area contributed by atoms with E-state index >= 15 is 0 Å². The second-order valence-corrected chi connectivity index (χ2v) is 7.50. The van der Waals surface area contributed by atoms with Gasteiger partial charge in [-0.05, 0) is 25.1 Å². The molecule has 0 aliphatic heterocycles. The van der Waals surface area contributed by atoms with E-state index in [0.29, 0.717) is 30.2 Å². The van der Waals surface area contributed by atoms with Crippen LogP contribution in [0, 0.1) is 0 Å². The Kier molecular flexibility index (Phi) is 7.79. The number of fused-ring (bicyclic) bond motifs is 1. The van der Waals surface area contributed by atoms with Crippen molar-refractivity contribution in [2.24, 2.45) is 5.73 Å².